The molecule has 2 aromatic rings. The molecule has 0 aliphatic carbocycles. The zero-order valence-corrected chi connectivity index (χ0v) is 19.2. The van der Waals surface area contributed by atoms with Crippen molar-refractivity contribution in [2.45, 2.75) is 37.0 Å². The Hall–Kier alpha value is -1.89. The number of hydrogen-bond donors (Lipinski definition) is 0. The van der Waals surface area contributed by atoms with Crippen LogP contribution in [-0.2, 0) is 21.2 Å². The van der Waals surface area contributed by atoms with E-state index in [1.165, 1.54) is 22.0 Å². The third-order valence-electron chi connectivity index (χ3n) is 6.48. The molecule has 0 bridgehead atoms. The number of sulfonamides is 1. The molecule has 2 heterocycles. The lowest BCUT2D eigenvalue weighted by atomic mass is 9.89. The SMILES string of the molecule is O=C(C1CCCN(S(=O)(=O)c2ccc(Cl)cc2)C1)N1CCC(Cc2ccccc2)CC1. The number of amides is 1. The minimum Gasteiger partial charge on any atom is -0.342 e. The average Bonchev–Trinajstić information content (AvgIpc) is 2.80. The topological polar surface area (TPSA) is 57.7 Å². The minimum atomic E-state index is -3.62. The number of carbonyl (C=O) groups excluding carboxylic acids is 1. The Morgan fingerprint density at radius 3 is 2.29 bits per heavy atom. The molecule has 1 amide bonds. The highest BCUT2D eigenvalue weighted by Crippen LogP contribution is 2.28. The third kappa shape index (κ3) is 5.30. The van der Waals surface area contributed by atoms with E-state index in [-0.39, 0.29) is 23.3 Å². The molecule has 31 heavy (non-hydrogen) atoms. The Bertz CT molecular complexity index is 987. The number of piperidine rings is 2. The third-order valence-corrected chi connectivity index (χ3v) is 8.61. The van der Waals surface area contributed by atoms with Crippen molar-refractivity contribution in [1.82, 2.24) is 9.21 Å². The molecule has 2 fully saturated rings. The van der Waals surface area contributed by atoms with E-state index >= 15 is 0 Å². The second kappa shape index (κ2) is 9.72. The first-order valence-corrected chi connectivity index (χ1v) is 12.8. The lowest BCUT2D eigenvalue weighted by Crippen LogP contribution is -2.48. The molecule has 2 aromatic carbocycles. The van der Waals surface area contributed by atoms with Gasteiger partial charge < -0.3 is 4.90 Å². The van der Waals surface area contributed by atoms with Gasteiger partial charge in [-0.2, -0.15) is 4.31 Å². The summed E-state index contributed by atoms with van der Waals surface area (Å²) in [6.07, 6.45) is 4.50. The van der Waals surface area contributed by atoms with Gasteiger partial charge in [0.25, 0.3) is 0 Å². The van der Waals surface area contributed by atoms with Crippen LogP contribution in [0.1, 0.15) is 31.2 Å². The summed E-state index contributed by atoms with van der Waals surface area (Å²) in [5, 5.41) is 0.501. The van der Waals surface area contributed by atoms with E-state index in [2.05, 4.69) is 24.3 Å². The van der Waals surface area contributed by atoms with Crippen molar-refractivity contribution >= 4 is 27.5 Å². The second-order valence-corrected chi connectivity index (χ2v) is 11.0. The Kier molecular flexibility index (Phi) is 6.99. The molecule has 0 aromatic heterocycles. The highest BCUT2D eigenvalue weighted by atomic mass is 35.5. The summed E-state index contributed by atoms with van der Waals surface area (Å²) in [6, 6.07) is 16.7. The number of nitrogens with zero attached hydrogens (tertiary/aromatic N) is 2. The number of likely N-dealkylation sites (tertiary alicyclic amines) is 1. The average molecular weight is 461 g/mol. The summed E-state index contributed by atoms with van der Waals surface area (Å²) in [4.78, 5) is 15.3. The fourth-order valence-corrected chi connectivity index (χ4v) is 6.33. The first-order valence-electron chi connectivity index (χ1n) is 11.0. The molecule has 1 unspecified atom stereocenters. The van der Waals surface area contributed by atoms with E-state index in [0.29, 0.717) is 23.9 Å². The number of hydrogen-bond acceptors (Lipinski definition) is 3. The van der Waals surface area contributed by atoms with Gasteiger partial charge in [-0.05, 0) is 67.9 Å². The van der Waals surface area contributed by atoms with Crippen molar-refractivity contribution in [2.75, 3.05) is 26.2 Å². The van der Waals surface area contributed by atoms with Crippen molar-refractivity contribution < 1.29 is 13.2 Å². The number of carbonyl (C=O) groups is 1. The molecule has 166 valence electrons. The van der Waals surface area contributed by atoms with Crippen LogP contribution in [0.3, 0.4) is 0 Å². The molecule has 2 aliphatic rings. The molecular weight excluding hydrogens is 432 g/mol. The Morgan fingerprint density at radius 1 is 0.935 bits per heavy atom. The van der Waals surface area contributed by atoms with Gasteiger partial charge in [0.15, 0.2) is 0 Å². The first kappa shape index (κ1) is 22.3. The zero-order chi connectivity index (χ0) is 21.8. The molecule has 2 aliphatic heterocycles. The van der Waals surface area contributed by atoms with Crippen molar-refractivity contribution in [1.29, 1.82) is 0 Å². The molecule has 2 saturated heterocycles. The molecule has 0 N–H and O–H groups in total. The highest BCUT2D eigenvalue weighted by Gasteiger charge is 2.36. The van der Waals surface area contributed by atoms with Gasteiger partial charge in [-0.15, -0.1) is 0 Å². The maximum absolute atomic E-state index is 13.2. The predicted molar refractivity (Wildman–Crippen MR) is 122 cm³/mol. The lowest BCUT2D eigenvalue weighted by molar-refractivity contribution is -0.138. The molecule has 7 heteroatoms. The fourth-order valence-electron chi connectivity index (χ4n) is 4.68. The molecule has 0 spiro atoms. The summed E-state index contributed by atoms with van der Waals surface area (Å²) in [5.74, 6) is 0.440. The largest absolute Gasteiger partial charge is 0.342 e. The van der Waals surface area contributed by atoms with E-state index in [9.17, 15) is 13.2 Å². The molecule has 5 nitrogen and oxygen atoms in total. The van der Waals surface area contributed by atoms with Crippen molar-refractivity contribution in [2.24, 2.45) is 11.8 Å². The van der Waals surface area contributed by atoms with Crippen LogP contribution in [0.25, 0.3) is 0 Å². The van der Waals surface area contributed by atoms with E-state index in [4.69, 9.17) is 11.6 Å². The maximum Gasteiger partial charge on any atom is 0.243 e. The van der Waals surface area contributed by atoms with Gasteiger partial charge in [-0.3, -0.25) is 4.79 Å². The van der Waals surface area contributed by atoms with Gasteiger partial charge in [0.1, 0.15) is 0 Å². The van der Waals surface area contributed by atoms with Crippen LogP contribution >= 0.6 is 11.6 Å². The second-order valence-electron chi connectivity index (χ2n) is 8.61. The van der Waals surface area contributed by atoms with E-state index in [1.807, 2.05) is 11.0 Å². The molecule has 1 atom stereocenters. The Balaban J connectivity index is 1.34. The quantitative estimate of drug-likeness (QED) is 0.671. The summed E-state index contributed by atoms with van der Waals surface area (Å²) in [6.45, 7) is 2.23. The molecule has 0 saturated carbocycles. The van der Waals surface area contributed by atoms with Crippen molar-refractivity contribution in [3.8, 4) is 0 Å². The monoisotopic (exact) mass is 460 g/mol. The van der Waals surface area contributed by atoms with E-state index < -0.39 is 10.0 Å². The smallest absolute Gasteiger partial charge is 0.243 e. The fraction of sp³-hybridized carbons (Fsp3) is 0.458. The van der Waals surface area contributed by atoms with Crippen LogP contribution in [0, 0.1) is 11.8 Å². The summed E-state index contributed by atoms with van der Waals surface area (Å²) in [5.41, 5.74) is 1.35. The van der Waals surface area contributed by atoms with Gasteiger partial charge in [0.2, 0.25) is 15.9 Å². The Labute approximate surface area is 190 Å². The van der Waals surface area contributed by atoms with Crippen LogP contribution in [0.15, 0.2) is 59.5 Å². The predicted octanol–water partition coefficient (Wildman–Crippen LogP) is 4.22. The lowest BCUT2D eigenvalue weighted by Gasteiger charge is -2.37. The molecule has 0 radical (unpaired) electrons. The van der Waals surface area contributed by atoms with Crippen LogP contribution in [0.2, 0.25) is 5.02 Å². The van der Waals surface area contributed by atoms with Crippen LogP contribution in [0.4, 0.5) is 0 Å². The minimum absolute atomic E-state index is 0.106. The van der Waals surface area contributed by atoms with Gasteiger partial charge in [-0.1, -0.05) is 41.9 Å². The molecular formula is C24H29ClN2O3S. The van der Waals surface area contributed by atoms with Gasteiger partial charge in [-0.25, -0.2) is 8.42 Å². The van der Waals surface area contributed by atoms with Crippen LogP contribution in [0.5, 0.6) is 0 Å². The van der Waals surface area contributed by atoms with E-state index in [1.54, 1.807) is 12.1 Å². The number of benzene rings is 2. The van der Waals surface area contributed by atoms with Crippen LogP contribution in [-0.4, -0.2) is 49.7 Å². The zero-order valence-electron chi connectivity index (χ0n) is 17.6. The molecule has 4 rings (SSSR count). The summed E-state index contributed by atoms with van der Waals surface area (Å²) < 4.78 is 27.5. The summed E-state index contributed by atoms with van der Waals surface area (Å²) >= 11 is 5.90. The van der Waals surface area contributed by atoms with Gasteiger partial charge >= 0.3 is 0 Å². The van der Waals surface area contributed by atoms with Gasteiger partial charge in [0, 0.05) is 31.2 Å². The maximum atomic E-state index is 13.2. The number of rotatable bonds is 5. The normalized spacial score (nSPS) is 21.2. The summed E-state index contributed by atoms with van der Waals surface area (Å²) in [7, 11) is -3.62. The van der Waals surface area contributed by atoms with Crippen molar-refractivity contribution in [3.05, 3.63) is 65.2 Å². The Morgan fingerprint density at radius 2 is 1.61 bits per heavy atom. The van der Waals surface area contributed by atoms with Crippen molar-refractivity contribution in [3.63, 3.8) is 0 Å². The van der Waals surface area contributed by atoms with Crippen LogP contribution < -0.4 is 0 Å². The number of halogens is 1. The highest BCUT2D eigenvalue weighted by molar-refractivity contribution is 7.89. The van der Waals surface area contributed by atoms with E-state index in [0.717, 1.165) is 38.8 Å². The standard InChI is InChI=1S/C24H29ClN2O3S/c25-22-8-10-23(11-9-22)31(29,30)27-14-4-7-21(18-27)24(28)26-15-12-20(13-16-26)17-19-5-2-1-3-6-19/h1-3,5-6,8-11,20-21H,4,7,12-18H2. The van der Waals surface area contributed by atoms with Gasteiger partial charge in [0.05, 0.1) is 10.8 Å². The first-order chi connectivity index (χ1) is 14.9.